The molecule has 0 saturated carbocycles. The molecule has 3 aromatic rings. The number of nitrogens with zero attached hydrogens (tertiary/aromatic N) is 4. The Labute approximate surface area is 217 Å². The number of aryl methyl sites for hydroxylation is 1. The van der Waals surface area contributed by atoms with E-state index in [1.807, 2.05) is 19.1 Å². The van der Waals surface area contributed by atoms with Crippen molar-refractivity contribution in [3.8, 4) is 11.5 Å². The highest BCUT2D eigenvalue weighted by Gasteiger charge is 2.27. The third kappa shape index (κ3) is 5.93. The first-order chi connectivity index (χ1) is 17.0. The van der Waals surface area contributed by atoms with E-state index < -0.39 is 10.0 Å². The number of H-pyrrole nitrogens is 1. The molecule has 11 heteroatoms. The van der Waals surface area contributed by atoms with Crippen LogP contribution in [0.5, 0.6) is 0 Å². The molecule has 0 bridgehead atoms. The molecule has 0 fully saturated rings. The Balaban J connectivity index is 1.72. The zero-order valence-corrected chi connectivity index (χ0v) is 22.6. The van der Waals surface area contributed by atoms with Crippen LogP contribution in [0.4, 0.5) is 5.69 Å². The Morgan fingerprint density at radius 2 is 1.89 bits per heavy atom. The molecule has 1 aliphatic heterocycles. The fourth-order valence-electron chi connectivity index (χ4n) is 4.42. The molecule has 194 valence electrons. The average molecular weight is 534 g/mol. The molecular formula is C25H32ClN5O4S. The van der Waals surface area contributed by atoms with Crippen molar-refractivity contribution in [3.05, 3.63) is 58.4 Å². The van der Waals surface area contributed by atoms with Gasteiger partial charge in [0.2, 0.25) is 10.0 Å². The number of benzene rings is 1. The standard InChI is InChI=1S/C25H32ClN5O4S/c1-17(2)29-10-5-11-31(36(4,33)34)23-14-20(26)8-7-19(23)16-30(13-12-29)25(32)22-15-21(27-28-22)24-9-6-18(3)35-24/h6-9,14-15,17H,5,10-13,16H2,1-4H3,(H,27,28). The van der Waals surface area contributed by atoms with E-state index in [9.17, 15) is 13.2 Å². The molecule has 1 aromatic carbocycles. The van der Waals surface area contributed by atoms with Crippen LogP contribution in [-0.4, -0.2) is 72.8 Å². The molecule has 3 heterocycles. The van der Waals surface area contributed by atoms with Crippen molar-refractivity contribution >= 4 is 33.2 Å². The average Bonchev–Trinajstić information content (AvgIpc) is 3.45. The van der Waals surface area contributed by atoms with Gasteiger partial charge in [-0.25, -0.2) is 8.42 Å². The number of sulfonamides is 1. The Kier molecular flexibility index (Phi) is 7.77. The maximum Gasteiger partial charge on any atom is 0.274 e. The summed E-state index contributed by atoms with van der Waals surface area (Å²) in [4.78, 5) is 17.6. The van der Waals surface area contributed by atoms with Crippen LogP contribution in [0, 0.1) is 6.92 Å². The van der Waals surface area contributed by atoms with Crippen LogP contribution >= 0.6 is 11.6 Å². The van der Waals surface area contributed by atoms with E-state index in [2.05, 4.69) is 28.9 Å². The van der Waals surface area contributed by atoms with Gasteiger partial charge in [0.1, 0.15) is 11.5 Å². The van der Waals surface area contributed by atoms with Crippen LogP contribution in [-0.2, 0) is 16.6 Å². The van der Waals surface area contributed by atoms with Gasteiger partial charge in [0.15, 0.2) is 11.5 Å². The Bertz CT molecular complexity index is 1330. The second-order valence-electron chi connectivity index (χ2n) is 9.40. The number of aromatic amines is 1. The van der Waals surface area contributed by atoms with Gasteiger partial charge in [-0.05, 0) is 57.0 Å². The van der Waals surface area contributed by atoms with Crippen molar-refractivity contribution < 1.29 is 17.6 Å². The summed E-state index contributed by atoms with van der Waals surface area (Å²) in [6.45, 7) is 8.40. The van der Waals surface area contributed by atoms with Gasteiger partial charge in [-0.2, -0.15) is 5.10 Å². The molecule has 9 nitrogen and oxygen atoms in total. The number of anilines is 1. The molecule has 4 rings (SSSR count). The molecule has 36 heavy (non-hydrogen) atoms. The lowest BCUT2D eigenvalue weighted by Gasteiger charge is -2.29. The summed E-state index contributed by atoms with van der Waals surface area (Å²) >= 11 is 6.28. The smallest absolute Gasteiger partial charge is 0.274 e. The van der Waals surface area contributed by atoms with Gasteiger partial charge in [-0.15, -0.1) is 0 Å². The first-order valence-electron chi connectivity index (χ1n) is 11.9. The van der Waals surface area contributed by atoms with E-state index in [1.54, 1.807) is 29.2 Å². The lowest BCUT2D eigenvalue weighted by atomic mass is 10.1. The van der Waals surface area contributed by atoms with E-state index in [-0.39, 0.29) is 24.2 Å². The number of halogens is 1. The summed E-state index contributed by atoms with van der Waals surface area (Å²) in [5, 5.41) is 7.58. The van der Waals surface area contributed by atoms with Crippen LogP contribution in [0.25, 0.3) is 11.5 Å². The number of furan rings is 1. The molecule has 0 atom stereocenters. The molecule has 1 aliphatic rings. The highest BCUT2D eigenvalue weighted by molar-refractivity contribution is 7.92. The molecule has 0 radical (unpaired) electrons. The maximum absolute atomic E-state index is 13.7. The monoisotopic (exact) mass is 533 g/mol. The van der Waals surface area contributed by atoms with Gasteiger partial charge in [-0.1, -0.05) is 17.7 Å². The summed E-state index contributed by atoms with van der Waals surface area (Å²) in [6, 6.07) is 10.8. The third-order valence-corrected chi connectivity index (χ3v) is 7.78. The first-order valence-corrected chi connectivity index (χ1v) is 14.2. The van der Waals surface area contributed by atoms with E-state index >= 15 is 0 Å². The van der Waals surface area contributed by atoms with Crippen LogP contribution < -0.4 is 4.31 Å². The number of carbonyl (C=O) groups is 1. The second-order valence-corrected chi connectivity index (χ2v) is 11.7. The molecule has 0 saturated heterocycles. The van der Waals surface area contributed by atoms with Crippen LogP contribution in [0.1, 0.15) is 42.1 Å². The highest BCUT2D eigenvalue weighted by atomic mass is 35.5. The summed E-state index contributed by atoms with van der Waals surface area (Å²) < 4.78 is 32.6. The van der Waals surface area contributed by atoms with E-state index in [0.29, 0.717) is 60.3 Å². The lowest BCUT2D eigenvalue weighted by molar-refractivity contribution is 0.0706. The highest BCUT2D eigenvalue weighted by Crippen LogP contribution is 2.30. The van der Waals surface area contributed by atoms with E-state index in [0.717, 1.165) is 5.76 Å². The third-order valence-electron chi connectivity index (χ3n) is 6.36. The van der Waals surface area contributed by atoms with Gasteiger partial charge in [0, 0.05) is 49.9 Å². The largest absolute Gasteiger partial charge is 0.460 e. The summed E-state index contributed by atoms with van der Waals surface area (Å²) in [5.41, 5.74) is 2.08. The Hall–Kier alpha value is -2.82. The number of hydrogen-bond donors (Lipinski definition) is 1. The van der Waals surface area contributed by atoms with Crippen LogP contribution in [0.15, 0.2) is 40.8 Å². The minimum atomic E-state index is -3.56. The minimum absolute atomic E-state index is 0.214. The van der Waals surface area contributed by atoms with Crippen molar-refractivity contribution in [2.45, 2.75) is 39.8 Å². The number of hydrogen-bond acceptors (Lipinski definition) is 6. The fourth-order valence-corrected chi connectivity index (χ4v) is 5.57. The SMILES string of the molecule is Cc1ccc(-c2cc(C(=O)N3CCN(C(C)C)CCCN(S(C)(=O)=O)c4cc(Cl)ccc4C3)n[nH]2)o1. The number of nitrogens with one attached hydrogen (secondary N) is 1. The second kappa shape index (κ2) is 10.7. The number of fused-ring (bicyclic) bond motifs is 1. The van der Waals surface area contributed by atoms with Crippen LogP contribution in [0.3, 0.4) is 0 Å². The fraction of sp³-hybridized carbons (Fsp3) is 0.440. The molecule has 0 aliphatic carbocycles. The summed E-state index contributed by atoms with van der Waals surface area (Å²) in [7, 11) is -3.56. The molecule has 1 N–H and O–H groups in total. The van der Waals surface area contributed by atoms with Crippen LogP contribution in [0.2, 0.25) is 5.02 Å². The quantitative estimate of drug-likeness (QED) is 0.540. The molecule has 0 unspecified atom stereocenters. The van der Waals surface area contributed by atoms with Gasteiger partial charge < -0.3 is 9.32 Å². The van der Waals surface area contributed by atoms with Crippen molar-refractivity contribution in [1.29, 1.82) is 0 Å². The zero-order chi connectivity index (χ0) is 26.0. The van der Waals surface area contributed by atoms with Crippen molar-refractivity contribution in [1.82, 2.24) is 20.0 Å². The normalized spacial score (nSPS) is 16.2. The van der Waals surface area contributed by atoms with Crippen molar-refractivity contribution in [2.24, 2.45) is 0 Å². The van der Waals surface area contributed by atoms with Crippen molar-refractivity contribution in [3.63, 3.8) is 0 Å². The predicted molar refractivity (Wildman–Crippen MR) is 141 cm³/mol. The number of carbonyl (C=O) groups excluding carboxylic acids is 1. The topological polar surface area (TPSA) is 103 Å². The van der Waals surface area contributed by atoms with Gasteiger partial charge in [0.05, 0.1) is 11.9 Å². The zero-order valence-electron chi connectivity index (χ0n) is 21.0. The Morgan fingerprint density at radius 3 is 2.56 bits per heavy atom. The molecule has 0 spiro atoms. The molecule has 2 aromatic heterocycles. The number of amides is 1. The molecular weight excluding hydrogens is 502 g/mol. The molecule has 1 amide bonds. The lowest BCUT2D eigenvalue weighted by Crippen LogP contribution is -2.41. The van der Waals surface area contributed by atoms with E-state index in [4.69, 9.17) is 16.0 Å². The number of rotatable bonds is 4. The summed E-state index contributed by atoms with van der Waals surface area (Å²) in [5.74, 6) is 1.11. The first kappa shape index (κ1) is 26.2. The Morgan fingerprint density at radius 1 is 1.11 bits per heavy atom. The predicted octanol–water partition coefficient (Wildman–Crippen LogP) is 4.15. The minimum Gasteiger partial charge on any atom is -0.460 e. The van der Waals surface area contributed by atoms with Gasteiger partial charge in [-0.3, -0.25) is 19.1 Å². The van der Waals surface area contributed by atoms with Gasteiger partial charge in [0.25, 0.3) is 5.91 Å². The maximum atomic E-state index is 13.7. The summed E-state index contributed by atoms with van der Waals surface area (Å²) in [6.07, 6.45) is 1.85. The van der Waals surface area contributed by atoms with Gasteiger partial charge >= 0.3 is 0 Å². The van der Waals surface area contributed by atoms with Crippen molar-refractivity contribution in [2.75, 3.05) is 36.7 Å². The number of aromatic nitrogens is 2. The van der Waals surface area contributed by atoms with E-state index in [1.165, 1.54) is 10.6 Å².